The monoisotopic (exact) mass is 199 g/mol. The van der Waals surface area contributed by atoms with Crippen LogP contribution in [0.1, 0.15) is 19.3 Å². The van der Waals surface area contributed by atoms with Gasteiger partial charge in [-0.15, -0.1) is 0 Å². The summed E-state index contributed by atoms with van der Waals surface area (Å²) < 4.78 is 5.53. The van der Waals surface area contributed by atoms with E-state index in [0.717, 1.165) is 32.4 Å². The van der Waals surface area contributed by atoms with Gasteiger partial charge in [-0.1, -0.05) is 0 Å². The smallest absolute Gasteiger partial charge is 0.265 e. The number of carbonyl (C=O) groups is 1. The van der Waals surface area contributed by atoms with Gasteiger partial charge in [0.1, 0.15) is 6.10 Å². The number of nitrogens with two attached hydrogens (primary N) is 1. The molecular weight excluding hydrogens is 182 g/mol. The maximum atomic E-state index is 11.8. The highest BCUT2D eigenvalue weighted by Crippen LogP contribution is 2.20. The lowest BCUT2D eigenvalue weighted by atomic mass is 10.2. The van der Waals surface area contributed by atoms with Gasteiger partial charge in [0.25, 0.3) is 5.91 Å². The van der Waals surface area contributed by atoms with E-state index in [4.69, 9.17) is 10.5 Å². The number of hydrazine groups is 1. The van der Waals surface area contributed by atoms with Crippen LogP contribution in [0.15, 0.2) is 0 Å². The summed E-state index contributed by atoms with van der Waals surface area (Å²) in [6, 6.07) is 0. The fraction of sp³-hybridized carbons (Fsp3) is 0.889. The Morgan fingerprint density at radius 1 is 1.57 bits per heavy atom. The van der Waals surface area contributed by atoms with Crippen LogP contribution in [0.4, 0.5) is 0 Å². The van der Waals surface area contributed by atoms with E-state index in [1.54, 1.807) is 5.01 Å². The van der Waals surface area contributed by atoms with Crippen LogP contribution < -0.4 is 11.2 Å². The Morgan fingerprint density at radius 2 is 2.43 bits per heavy atom. The highest BCUT2D eigenvalue weighted by molar-refractivity contribution is 5.81. The summed E-state index contributed by atoms with van der Waals surface area (Å²) in [6.45, 7) is 2.20. The quantitative estimate of drug-likeness (QED) is 0.613. The van der Waals surface area contributed by atoms with Gasteiger partial charge >= 0.3 is 0 Å². The predicted molar refractivity (Wildman–Crippen MR) is 51.3 cm³/mol. The fourth-order valence-electron chi connectivity index (χ4n) is 1.95. The zero-order chi connectivity index (χ0) is 9.97. The third-order valence-electron chi connectivity index (χ3n) is 2.77. The molecule has 0 aromatic carbocycles. The van der Waals surface area contributed by atoms with Gasteiger partial charge < -0.3 is 10.5 Å². The molecule has 0 radical (unpaired) electrons. The molecule has 3 N–H and O–H groups in total. The van der Waals surface area contributed by atoms with Crippen LogP contribution in [-0.2, 0) is 9.53 Å². The van der Waals surface area contributed by atoms with Gasteiger partial charge in [0, 0.05) is 19.6 Å². The Kier molecular flexibility index (Phi) is 3.00. The van der Waals surface area contributed by atoms with Gasteiger partial charge in [-0.05, 0) is 19.3 Å². The van der Waals surface area contributed by atoms with Crippen molar-refractivity contribution in [1.29, 1.82) is 0 Å². The van der Waals surface area contributed by atoms with Crippen molar-refractivity contribution in [2.75, 3.05) is 19.6 Å². The lowest BCUT2D eigenvalue weighted by Gasteiger charge is -2.19. The Morgan fingerprint density at radius 3 is 3.00 bits per heavy atom. The first-order valence-corrected chi connectivity index (χ1v) is 5.21. The average molecular weight is 199 g/mol. The molecule has 2 heterocycles. The second-order valence-corrected chi connectivity index (χ2v) is 3.81. The van der Waals surface area contributed by atoms with E-state index in [0.29, 0.717) is 6.54 Å². The SMILES string of the molecule is NC[C@H]1CC[C@@H](C(=O)N2CCCN2)O1. The molecule has 2 saturated heterocycles. The molecule has 0 bridgehead atoms. The molecule has 0 saturated carbocycles. The first kappa shape index (κ1) is 9.89. The minimum Gasteiger partial charge on any atom is -0.364 e. The summed E-state index contributed by atoms with van der Waals surface area (Å²) in [4.78, 5) is 11.8. The molecule has 2 rings (SSSR count). The maximum absolute atomic E-state index is 11.8. The molecule has 1 amide bonds. The molecule has 2 aliphatic rings. The van der Waals surface area contributed by atoms with E-state index in [-0.39, 0.29) is 18.1 Å². The third kappa shape index (κ3) is 1.89. The van der Waals surface area contributed by atoms with E-state index in [2.05, 4.69) is 5.43 Å². The van der Waals surface area contributed by atoms with Crippen LogP contribution in [0, 0.1) is 0 Å². The van der Waals surface area contributed by atoms with E-state index in [1.807, 2.05) is 0 Å². The summed E-state index contributed by atoms with van der Waals surface area (Å²) in [5, 5.41) is 1.67. The number of amides is 1. The molecule has 2 atom stereocenters. The van der Waals surface area contributed by atoms with Crippen LogP contribution in [0.5, 0.6) is 0 Å². The number of hydrogen-bond acceptors (Lipinski definition) is 4. The summed E-state index contributed by atoms with van der Waals surface area (Å²) in [6.07, 6.45) is 2.54. The first-order valence-electron chi connectivity index (χ1n) is 5.21. The van der Waals surface area contributed by atoms with Crippen molar-refractivity contribution < 1.29 is 9.53 Å². The zero-order valence-electron chi connectivity index (χ0n) is 8.24. The van der Waals surface area contributed by atoms with Gasteiger partial charge in [-0.2, -0.15) is 0 Å². The highest BCUT2D eigenvalue weighted by atomic mass is 16.5. The zero-order valence-corrected chi connectivity index (χ0v) is 8.24. The number of carbonyl (C=O) groups excluding carboxylic acids is 1. The van der Waals surface area contributed by atoms with Gasteiger partial charge in [0.2, 0.25) is 0 Å². The minimum atomic E-state index is -0.269. The second-order valence-electron chi connectivity index (χ2n) is 3.81. The second kappa shape index (κ2) is 4.25. The van der Waals surface area contributed by atoms with E-state index in [9.17, 15) is 4.79 Å². The van der Waals surface area contributed by atoms with Gasteiger partial charge in [0.05, 0.1) is 6.10 Å². The van der Waals surface area contributed by atoms with Crippen LogP contribution >= 0.6 is 0 Å². The lowest BCUT2D eigenvalue weighted by molar-refractivity contribution is -0.144. The molecule has 14 heavy (non-hydrogen) atoms. The molecule has 0 aromatic rings. The maximum Gasteiger partial charge on any atom is 0.265 e. The van der Waals surface area contributed by atoms with Gasteiger partial charge in [0.15, 0.2) is 0 Å². The number of nitrogens with one attached hydrogen (secondary N) is 1. The molecule has 0 unspecified atom stereocenters. The van der Waals surface area contributed by atoms with Crippen LogP contribution in [-0.4, -0.2) is 42.8 Å². The van der Waals surface area contributed by atoms with Crippen LogP contribution in [0.3, 0.4) is 0 Å². The van der Waals surface area contributed by atoms with Crippen molar-refractivity contribution in [3.8, 4) is 0 Å². The first-order chi connectivity index (χ1) is 6.81. The fourth-order valence-corrected chi connectivity index (χ4v) is 1.95. The molecule has 5 heteroatoms. The molecule has 0 spiro atoms. The number of rotatable bonds is 2. The van der Waals surface area contributed by atoms with Crippen molar-refractivity contribution in [2.45, 2.75) is 31.5 Å². The van der Waals surface area contributed by atoms with Crippen LogP contribution in [0.2, 0.25) is 0 Å². The standard InChI is InChI=1S/C9H17N3O2/c10-6-7-2-3-8(14-7)9(13)12-5-1-4-11-12/h7-8,11H,1-6,10H2/t7-,8+/m1/s1. The molecule has 80 valence electrons. The third-order valence-corrected chi connectivity index (χ3v) is 2.77. The molecule has 2 fully saturated rings. The summed E-state index contributed by atoms with van der Waals surface area (Å²) in [5.41, 5.74) is 8.52. The number of nitrogens with zero attached hydrogens (tertiary/aromatic N) is 1. The highest BCUT2D eigenvalue weighted by Gasteiger charge is 2.33. The van der Waals surface area contributed by atoms with Crippen molar-refractivity contribution >= 4 is 5.91 Å². The van der Waals surface area contributed by atoms with E-state index < -0.39 is 0 Å². The Hall–Kier alpha value is -0.650. The van der Waals surface area contributed by atoms with Crippen molar-refractivity contribution in [2.24, 2.45) is 5.73 Å². The van der Waals surface area contributed by atoms with Gasteiger partial charge in [-0.3, -0.25) is 9.80 Å². The predicted octanol–water partition coefficient (Wildman–Crippen LogP) is -0.770. The van der Waals surface area contributed by atoms with Gasteiger partial charge in [-0.25, -0.2) is 5.43 Å². The molecule has 5 nitrogen and oxygen atoms in total. The Balaban J connectivity index is 1.86. The van der Waals surface area contributed by atoms with Crippen LogP contribution in [0.25, 0.3) is 0 Å². The summed E-state index contributed by atoms with van der Waals surface area (Å²) in [7, 11) is 0. The molecule has 2 aliphatic heterocycles. The topological polar surface area (TPSA) is 67.6 Å². The molecule has 0 aliphatic carbocycles. The minimum absolute atomic E-state index is 0.0680. The van der Waals surface area contributed by atoms with Crippen molar-refractivity contribution in [1.82, 2.24) is 10.4 Å². The normalized spacial score (nSPS) is 32.5. The Bertz CT molecular complexity index is 216. The summed E-state index contributed by atoms with van der Waals surface area (Å²) in [5.74, 6) is 0.0680. The largest absolute Gasteiger partial charge is 0.364 e. The lowest BCUT2D eigenvalue weighted by Crippen LogP contribution is -2.43. The van der Waals surface area contributed by atoms with E-state index >= 15 is 0 Å². The molecular formula is C9H17N3O2. The average Bonchev–Trinajstić information content (AvgIpc) is 2.88. The van der Waals surface area contributed by atoms with Crippen molar-refractivity contribution in [3.63, 3.8) is 0 Å². The van der Waals surface area contributed by atoms with Crippen molar-refractivity contribution in [3.05, 3.63) is 0 Å². The molecule has 0 aromatic heterocycles. The summed E-state index contributed by atoms with van der Waals surface area (Å²) >= 11 is 0. The number of hydrogen-bond donors (Lipinski definition) is 2. The van der Waals surface area contributed by atoms with E-state index in [1.165, 1.54) is 0 Å². The number of ether oxygens (including phenoxy) is 1. The Labute approximate surface area is 83.5 Å².